The molecule has 14 heavy (non-hydrogen) atoms. The first kappa shape index (κ1) is 8.99. The van der Waals surface area contributed by atoms with Gasteiger partial charge in [0.05, 0.1) is 12.8 Å². The van der Waals surface area contributed by atoms with Gasteiger partial charge < -0.3 is 9.84 Å². The van der Waals surface area contributed by atoms with Crippen LogP contribution in [0.3, 0.4) is 0 Å². The normalized spacial score (nSPS) is 15.1. The largest absolute Gasteiger partial charge is 0.506 e. The van der Waals surface area contributed by atoms with Gasteiger partial charge in [0.15, 0.2) is 0 Å². The van der Waals surface area contributed by atoms with E-state index >= 15 is 0 Å². The van der Waals surface area contributed by atoms with Gasteiger partial charge in [-0.05, 0) is 30.9 Å². The van der Waals surface area contributed by atoms with Crippen LogP contribution in [-0.4, -0.2) is 22.7 Å². The van der Waals surface area contributed by atoms with Crippen LogP contribution < -0.4 is 0 Å². The van der Waals surface area contributed by atoms with Crippen molar-refractivity contribution in [3.63, 3.8) is 0 Å². The van der Waals surface area contributed by atoms with Gasteiger partial charge in [-0.2, -0.15) is 0 Å². The fraction of sp³-hybridized carbons (Fsp3) is 0.400. The summed E-state index contributed by atoms with van der Waals surface area (Å²) < 4.78 is 5.01. The molecule has 1 fully saturated rings. The second-order valence-corrected chi connectivity index (χ2v) is 3.44. The first-order valence-electron chi connectivity index (χ1n) is 4.58. The first-order valence-corrected chi connectivity index (χ1v) is 4.58. The second kappa shape index (κ2) is 3.65. The molecule has 0 bridgehead atoms. The maximum absolute atomic E-state index is 11.3. The van der Waals surface area contributed by atoms with Crippen LogP contribution in [0.25, 0.3) is 0 Å². The van der Waals surface area contributed by atoms with E-state index in [1.54, 1.807) is 0 Å². The summed E-state index contributed by atoms with van der Waals surface area (Å²) in [6.07, 6.45) is 3.53. The third kappa shape index (κ3) is 2.22. The fourth-order valence-corrected chi connectivity index (χ4v) is 1.06. The Morgan fingerprint density at radius 1 is 1.57 bits per heavy atom. The lowest BCUT2D eigenvalue weighted by Crippen LogP contribution is -2.08. The van der Waals surface area contributed by atoms with Crippen molar-refractivity contribution in [1.82, 2.24) is 4.98 Å². The Labute approximate surface area is 81.5 Å². The van der Waals surface area contributed by atoms with E-state index in [1.807, 2.05) is 0 Å². The Hall–Kier alpha value is -1.58. The summed E-state index contributed by atoms with van der Waals surface area (Å²) in [6.45, 7) is 0.487. The first-order chi connectivity index (χ1) is 6.75. The predicted octanol–water partition coefficient (Wildman–Crippen LogP) is 1.35. The number of nitrogens with zero attached hydrogens (tertiary/aromatic N) is 1. The van der Waals surface area contributed by atoms with Crippen molar-refractivity contribution in [2.45, 2.75) is 12.8 Å². The molecule has 1 heterocycles. The van der Waals surface area contributed by atoms with E-state index in [-0.39, 0.29) is 11.4 Å². The highest BCUT2D eigenvalue weighted by Gasteiger charge is 2.23. The predicted molar refractivity (Wildman–Crippen MR) is 48.9 cm³/mol. The van der Waals surface area contributed by atoms with Gasteiger partial charge in [0.2, 0.25) is 0 Å². The quantitative estimate of drug-likeness (QED) is 0.736. The van der Waals surface area contributed by atoms with Crippen molar-refractivity contribution in [2.75, 3.05) is 6.61 Å². The van der Waals surface area contributed by atoms with Crippen LogP contribution in [-0.2, 0) is 4.74 Å². The number of aromatic hydroxyl groups is 1. The van der Waals surface area contributed by atoms with Crippen LogP contribution in [0.2, 0.25) is 0 Å². The fourth-order valence-electron chi connectivity index (χ4n) is 1.06. The van der Waals surface area contributed by atoms with E-state index < -0.39 is 5.97 Å². The topological polar surface area (TPSA) is 59.4 Å². The molecular formula is C10H11NO3. The summed E-state index contributed by atoms with van der Waals surface area (Å²) in [5, 5.41) is 8.95. The highest BCUT2D eigenvalue weighted by Crippen LogP contribution is 2.29. The van der Waals surface area contributed by atoms with Gasteiger partial charge in [0.25, 0.3) is 0 Å². The Morgan fingerprint density at radius 2 is 2.36 bits per heavy atom. The maximum atomic E-state index is 11.3. The summed E-state index contributed by atoms with van der Waals surface area (Å²) in [5.41, 5.74) is 0.239. The Morgan fingerprint density at radius 3 is 2.93 bits per heavy atom. The molecule has 1 saturated carbocycles. The highest BCUT2D eigenvalue weighted by atomic mass is 16.5. The zero-order valence-electron chi connectivity index (χ0n) is 7.64. The lowest BCUT2D eigenvalue weighted by Gasteiger charge is -2.02. The molecule has 74 valence electrons. The van der Waals surface area contributed by atoms with E-state index in [2.05, 4.69) is 4.98 Å². The summed E-state index contributed by atoms with van der Waals surface area (Å²) in [4.78, 5) is 15.1. The molecule has 4 nitrogen and oxygen atoms in total. The van der Waals surface area contributed by atoms with E-state index in [0.717, 1.165) is 12.8 Å². The number of hydrogen-bond acceptors (Lipinski definition) is 4. The Bertz CT molecular complexity index is 330. The summed E-state index contributed by atoms with van der Waals surface area (Å²) >= 11 is 0. The van der Waals surface area contributed by atoms with E-state index in [1.165, 1.54) is 18.3 Å². The van der Waals surface area contributed by atoms with Crippen molar-refractivity contribution in [1.29, 1.82) is 0 Å². The van der Waals surface area contributed by atoms with Crippen molar-refractivity contribution < 1.29 is 14.6 Å². The monoisotopic (exact) mass is 193 g/mol. The average molecular weight is 193 g/mol. The number of aromatic nitrogens is 1. The number of esters is 1. The zero-order chi connectivity index (χ0) is 9.97. The minimum Gasteiger partial charge on any atom is -0.506 e. The van der Waals surface area contributed by atoms with Crippen LogP contribution >= 0.6 is 0 Å². The minimum absolute atomic E-state index is 0.0451. The number of carbonyl (C=O) groups excluding carboxylic acids is 1. The molecule has 1 N–H and O–H groups in total. The van der Waals surface area contributed by atoms with E-state index in [4.69, 9.17) is 9.84 Å². The minimum atomic E-state index is -0.420. The van der Waals surface area contributed by atoms with E-state index in [9.17, 15) is 4.79 Å². The van der Waals surface area contributed by atoms with Gasteiger partial charge in [-0.25, -0.2) is 9.78 Å². The van der Waals surface area contributed by atoms with Gasteiger partial charge in [0, 0.05) is 0 Å². The SMILES string of the molecule is O=C(OCC1CC1)c1ccc(O)cn1. The molecular weight excluding hydrogens is 182 g/mol. The molecule has 0 atom stereocenters. The van der Waals surface area contributed by atoms with Crippen molar-refractivity contribution >= 4 is 5.97 Å². The second-order valence-electron chi connectivity index (χ2n) is 3.44. The van der Waals surface area contributed by atoms with Gasteiger partial charge in [-0.1, -0.05) is 0 Å². The molecule has 0 radical (unpaired) electrons. The molecule has 0 aliphatic heterocycles. The molecule has 0 amide bonds. The molecule has 2 rings (SSSR count). The number of carbonyl (C=O) groups is 1. The summed E-state index contributed by atoms with van der Waals surface area (Å²) in [7, 11) is 0. The smallest absolute Gasteiger partial charge is 0.356 e. The maximum Gasteiger partial charge on any atom is 0.356 e. The molecule has 0 unspecified atom stereocenters. The van der Waals surface area contributed by atoms with Crippen LogP contribution in [0.5, 0.6) is 5.75 Å². The van der Waals surface area contributed by atoms with Crippen LogP contribution in [0.1, 0.15) is 23.3 Å². The zero-order valence-corrected chi connectivity index (χ0v) is 7.64. The number of rotatable bonds is 3. The van der Waals surface area contributed by atoms with Gasteiger partial charge in [-0.15, -0.1) is 0 Å². The van der Waals surface area contributed by atoms with Gasteiger partial charge >= 0.3 is 5.97 Å². The van der Waals surface area contributed by atoms with Gasteiger partial charge in [-0.3, -0.25) is 0 Å². The standard InChI is InChI=1S/C10H11NO3/c12-8-3-4-9(11-5-8)10(13)14-6-7-1-2-7/h3-5,7,12H,1-2,6H2. The third-order valence-electron chi connectivity index (χ3n) is 2.10. The number of ether oxygens (including phenoxy) is 1. The van der Waals surface area contributed by atoms with Crippen molar-refractivity contribution in [2.24, 2.45) is 5.92 Å². The molecule has 1 aromatic rings. The Kier molecular flexibility index (Phi) is 2.35. The molecule has 4 heteroatoms. The lowest BCUT2D eigenvalue weighted by atomic mass is 10.3. The molecule has 1 aromatic heterocycles. The molecule has 0 aromatic carbocycles. The average Bonchev–Trinajstić information content (AvgIpc) is 2.99. The van der Waals surface area contributed by atoms with E-state index in [0.29, 0.717) is 12.5 Å². The van der Waals surface area contributed by atoms with Crippen LogP contribution in [0.15, 0.2) is 18.3 Å². The number of pyridine rings is 1. The third-order valence-corrected chi connectivity index (χ3v) is 2.10. The summed E-state index contributed by atoms with van der Waals surface area (Å²) in [6, 6.07) is 2.87. The van der Waals surface area contributed by atoms with Crippen LogP contribution in [0.4, 0.5) is 0 Å². The van der Waals surface area contributed by atoms with Gasteiger partial charge in [0.1, 0.15) is 11.4 Å². The highest BCUT2D eigenvalue weighted by molar-refractivity contribution is 5.87. The Balaban J connectivity index is 1.92. The number of hydrogen-bond donors (Lipinski definition) is 1. The molecule has 0 spiro atoms. The molecule has 1 aliphatic rings. The lowest BCUT2D eigenvalue weighted by molar-refractivity contribution is 0.0479. The van der Waals surface area contributed by atoms with Crippen molar-refractivity contribution in [3.05, 3.63) is 24.0 Å². The summed E-state index contributed by atoms with van der Waals surface area (Å²) in [5.74, 6) is 0.178. The van der Waals surface area contributed by atoms with Crippen LogP contribution in [0, 0.1) is 5.92 Å². The molecule has 1 aliphatic carbocycles. The molecule has 0 saturated heterocycles. The van der Waals surface area contributed by atoms with Crippen molar-refractivity contribution in [3.8, 4) is 5.75 Å².